The van der Waals surface area contributed by atoms with Crippen LogP contribution in [0.1, 0.15) is 44.2 Å². The van der Waals surface area contributed by atoms with Crippen LogP contribution in [0.4, 0.5) is 21.5 Å². The molecule has 1 aliphatic rings. The van der Waals surface area contributed by atoms with E-state index in [0.717, 1.165) is 5.56 Å². The molecule has 1 heterocycles. The minimum Gasteiger partial charge on any atom is -0.351 e. The third kappa shape index (κ3) is 4.59. The van der Waals surface area contributed by atoms with E-state index in [0.29, 0.717) is 19.3 Å². The number of allylic oxidation sites excluding steroid dienone is 1. The number of pyridine rings is 1. The first-order valence-corrected chi connectivity index (χ1v) is 11.5. The van der Waals surface area contributed by atoms with Crippen molar-refractivity contribution in [3.05, 3.63) is 64.3 Å². The van der Waals surface area contributed by atoms with Gasteiger partial charge in [-0.15, -0.1) is 6.58 Å². The Kier molecular flexibility index (Phi) is 7.13. The Bertz CT molecular complexity index is 1100. The summed E-state index contributed by atoms with van der Waals surface area (Å²) in [5.41, 5.74) is 1.35. The minimum absolute atomic E-state index is 0.162. The highest BCUT2D eigenvalue weighted by Gasteiger charge is 2.53. The van der Waals surface area contributed by atoms with Crippen molar-refractivity contribution in [1.29, 1.82) is 0 Å². The number of anilines is 3. The molecule has 0 aliphatic heterocycles. The molecule has 164 valence electrons. The number of rotatable bonds is 7. The summed E-state index contributed by atoms with van der Waals surface area (Å²) in [4.78, 5) is 12.4. The maximum atomic E-state index is 14.3. The van der Waals surface area contributed by atoms with Gasteiger partial charge < -0.3 is 9.88 Å². The van der Waals surface area contributed by atoms with E-state index >= 15 is 0 Å². The SMILES string of the molecule is C=CCC1(S(=O)(=O)Nc2cn(C)c(=O)c(C)c2Nc2ccc(C)cc2F)CC1.CC. The van der Waals surface area contributed by atoms with Crippen LogP contribution in [0.25, 0.3) is 0 Å². The van der Waals surface area contributed by atoms with Gasteiger partial charge in [0, 0.05) is 18.8 Å². The van der Waals surface area contributed by atoms with Crippen molar-refractivity contribution in [3.8, 4) is 0 Å². The number of halogens is 1. The monoisotopic (exact) mass is 435 g/mol. The van der Waals surface area contributed by atoms with E-state index in [-0.39, 0.29) is 28.2 Å². The van der Waals surface area contributed by atoms with E-state index in [1.54, 1.807) is 39.1 Å². The summed E-state index contributed by atoms with van der Waals surface area (Å²) in [6, 6.07) is 4.65. The summed E-state index contributed by atoms with van der Waals surface area (Å²) in [6.45, 7) is 11.0. The fourth-order valence-electron chi connectivity index (χ4n) is 3.22. The number of benzene rings is 1. The van der Waals surface area contributed by atoms with Crippen LogP contribution in [-0.2, 0) is 17.1 Å². The molecular formula is C22H30FN3O3S. The zero-order valence-corrected chi connectivity index (χ0v) is 19.0. The van der Waals surface area contributed by atoms with Crippen molar-refractivity contribution >= 4 is 27.1 Å². The van der Waals surface area contributed by atoms with E-state index in [1.165, 1.54) is 16.8 Å². The summed E-state index contributed by atoms with van der Waals surface area (Å²) in [6.07, 6.45) is 4.45. The molecule has 8 heteroatoms. The molecule has 2 N–H and O–H groups in total. The van der Waals surface area contributed by atoms with Crippen LogP contribution >= 0.6 is 0 Å². The topological polar surface area (TPSA) is 80.2 Å². The highest BCUT2D eigenvalue weighted by Crippen LogP contribution is 2.47. The lowest BCUT2D eigenvalue weighted by molar-refractivity contribution is 0.582. The number of nitrogens with one attached hydrogen (secondary N) is 2. The Morgan fingerprint density at radius 1 is 1.23 bits per heavy atom. The number of hydrogen-bond donors (Lipinski definition) is 2. The first kappa shape index (κ1) is 23.7. The standard InChI is InChI=1S/C20H24FN3O3S.C2H6/c1-5-8-20(9-10-20)28(26,27)23-17-12-24(4)19(25)14(3)18(17)22-16-7-6-13(2)11-15(16)21;1-2/h5-7,11-12,22-23H,1,8-10H2,2-4H3;1-2H3. The van der Waals surface area contributed by atoms with Gasteiger partial charge in [0.2, 0.25) is 10.0 Å². The van der Waals surface area contributed by atoms with Gasteiger partial charge in [-0.3, -0.25) is 9.52 Å². The molecule has 0 spiro atoms. The number of nitrogens with zero attached hydrogens (tertiary/aromatic N) is 1. The van der Waals surface area contributed by atoms with Crippen molar-refractivity contribution in [2.45, 2.75) is 51.7 Å². The summed E-state index contributed by atoms with van der Waals surface area (Å²) in [5.74, 6) is -0.487. The van der Waals surface area contributed by atoms with Gasteiger partial charge in [-0.2, -0.15) is 0 Å². The van der Waals surface area contributed by atoms with Gasteiger partial charge in [-0.1, -0.05) is 26.0 Å². The third-order valence-corrected chi connectivity index (χ3v) is 7.33. The van der Waals surface area contributed by atoms with E-state index in [2.05, 4.69) is 16.6 Å². The number of aryl methyl sites for hydroxylation is 2. The molecule has 1 aromatic carbocycles. The molecule has 0 radical (unpaired) electrons. The first-order valence-electron chi connectivity index (χ1n) is 9.97. The van der Waals surface area contributed by atoms with Gasteiger partial charge in [0.05, 0.1) is 21.8 Å². The summed E-state index contributed by atoms with van der Waals surface area (Å²) in [5, 5.41) is 2.90. The molecule has 30 heavy (non-hydrogen) atoms. The highest BCUT2D eigenvalue weighted by atomic mass is 32.2. The van der Waals surface area contributed by atoms with Gasteiger partial charge in [0.1, 0.15) is 5.82 Å². The zero-order chi connectivity index (χ0) is 22.7. The van der Waals surface area contributed by atoms with E-state index in [9.17, 15) is 17.6 Å². The van der Waals surface area contributed by atoms with Gasteiger partial charge >= 0.3 is 0 Å². The molecule has 1 fully saturated rings. The average molecular weight is 436 g/mol. The lowest BCUT2D eigenvalue weighted by Crippen LogP contribution is -2.31. The van der Waals surface area contributed by atoms with Crippen molar-refractivity contribution in [1.82, 2.24) is 4.57 Å². The molecule has 1 aliphatic carbocycles. The molecule has 0 amide bonds. The van der Waals surface area contributed by atoms with Crippen molar-refractivity contribution in [2.24, 2.45) is 7.05 Å². The van der Waals surface area contributed by atoms with Crippen LogP contribution in [0.5, 0.6) is 0 Å². The molecule has 0 saturated heterocycles. The lowest BCUT2D eigenvalue weighted by Gasteiger charge is -2.21. The predicted octanol–water partition coefficient (Wildman–Crippen LogP) is 4.76. The molecule has 0 atom stereocenters. The Labute approximate surface area is 177 Å². The van der Waals surface area contributed by atoms with Crippen LogP contribution in [0.2, 0.25) is 0 Å². The summed E-state index contributed by atoms with van der Waals surface area (Å²) in [7, 11) is -2.17. The Balaban J connectivity index is 0.00000155. The third-order valence-electron chi connectivity index (χ3n) is 5.13. The molecule has 1 aromatic heterocycles. The van der Waals surface area contributed by atoms with E-state index < -0.39 is 20.6 Å². The lowest BCUT2D eigenvalue weighted by atomic mass is 10.2. The maximum Gasteiger partial charge on any atom is 0.255 e. The molecule has 1 saturated carbocycles. The summed E-state index contributed by atoms with van der Waals surface area (Å²) < 4.78 is 43.3. The van der Waals surface area contributed by atoms with Gasteiger partial charge in [-0.25, -0.2) is 12.8 Å². The van der Waals surface area contributed by atoms with Crippen LogP contribution in [0.3, 0.4) is 0 Å². The molecular weight excluding hydrogens is 405 g/mol. The predicted molar refractivity (Wildman–Crippen MR) is 122 cm³/mol. The van der Waals surface area contributed by atoms with Crippen LogP contribution in [0, 0.1) is 19.7 Å². The molecule has 0 unspecified atom stereocenters. The van der Waals surface area contributed by atoms with Gasteiger partial charge in [0.25, 0.3) is 5.56 Å². The van der Waals surface area contributed by atoms with Crippen molar-refractivity contribution in [3.63, 3.8) is 0 Å². The molecule has 2 aromatic rings. The van der Waals surface area contributed by atoms with Crippen molar-refractivity contribution in [2.75, 3.05) is 10.0 Å². The molecule has 6 nitrogen and oxygen atoms in total. The van der Waals surface area contributed by atoms with Crippen LogP contribution in [-0.4, -0.2) is 17.7 Å². The second kappa shape index (κ2) is 9.04. The fourth-order valence-corrected chi connectivity index (χ4v) is 4.86. The normalized spacial score (nSPS) is 14.3. The average Bonchev–Trinajstić information content (AvgIpc) is 3.48. The molecule has 0 bridgehead atoms. The number of sulfonamides is 1. The number of aromatic nitrogens is 1. The van der Waals surface area contributed by atoms with Crippen LogP contribution < -0.4 is 15.6 Å². The minimum atomic E-state index is -3.71. The molecule has 3 rings (SSSR count). The first-order chi connectivity index (χ1) is 14.1. The zero-order valence-electron chi connectivity index (χ0n) is 18.2. The second-order valence-electron chi connectivity index (χ2n) is 7.35. The van der Waals surface area contributed by atoms with E-state index in [1.807, 2.05) is 13.8 Å². The number of hydrogen-bond acceptors (Lipinski definition) is 4. The summed E-state index contributed by atoms with van der Waals surface area (Å²) >= 11 is 0. The fraction of sp³-hybridized carbons (Fsp3) is 0.409. The smallest absolute Gasteiger partial charge is 0.255 e. The quantitative estimate of drug-likeness (QED) is 0.615. The maximum absolute atomic E-state index is 14.3. The van der Waals surface area contributed by atoms with Gasteiger partial charge in [0.15, 0.2) is 0 Å². The second-order valence-corrected chi connectivity index (χ2v) is 9.43. The van der Waals surface area contributed by atoms with E-state index in [4.69, 9.17) is 0 Å². The van der Waals surface area contributed by atoms with Gasteiger partial charge in [-0.05, 0) is 50.8 Å². The highest BCUT2D eigenvalue weighted by molar-refractivity contribution is 7.94. The van der Waals surface area contributed by atoms with Crippen molar-refractivity contribution < 1.29 is 12.8 Å². The Morgan fingerprint density at radius 3 is 2.40 bits per heavy atom. The Hall–Kier alpha value is -2.61. The Morgan fingerprint density at radius 2 is 1.87 bits per heavy atom. The van der Waals surface area contributed by atoms with Crippen LogP contribution in [0.15, 0.2) is 41.8 Å². The largest absolute Gasteiger partial charge is 0.351 e.